The molecule has 4 nitrogen and oxygen atoms in total. The van der Waals surface area contributed by atoms with Crippen LogP contribution in [0, 0.1) is 5.82 Å². The molecule has 2 N–H and O–H groups in total. The van der Waals surface area contributed by atoms with E-state index in [-0.39, 0.29) is 5.02 Å². The molecule has 0 bridgehead atoms. The van der Waals surface area contributed by atoms with E-state index in [1.165, 1.54) is 31.2 Å². The average molecular weight is 272 g/mol. The maximum absolute atomic E-state index is 12.9. The molecular formula is C12H11ClFNO3. The number of rotatable bonds is 4. The minimum Gasteiger partial charge on any atom is -0.449 e. The molecule has 0 spiro atoms. The van der Waals surface area contributed by atoms with E-state index < -0.39 is 23.8 Å². The highest BCUT2D eigenvalue weighted by Crippen LogP contribution is 2.16. The van der Waals surface area contributed by atoms with Gasteiger partial charge in [-0.05, 0) is 30.7 Å². The van der Waals surface area contributed by atoms with E-state index in [0.29, 0.717) is 5.56 Å². The van der Waals surface area contributed by atoms with Crippen LogP contribution in [0.25, 0.3) is 6.08 Å². The molecular weight excluding hydrogens is 261 g/mol. The van der Waals surface area contributed by atoms with Gasteiger partial charge in [0.05, 0.1) is 5.02 Å². The van der Waals surface area contributed by atoms with E-state index in [1.54, 1.807) is 0 Å². The van der Waals surface area contributed by atoms with Crippen molar-refractivity contribution in [3.63, 3.8) is 0 Å². The van der Waals surface area contributed by atoms with Gasteiger partial charge in [0.15, 0.2) is 6.10 Å². The Bertz CT molecular complexity index is 502. The van der Waals surface area contributed by atoms with Gasteiger partial charge in [-0.15, -0.1) is 0 Å². The molecule has 1 aromatic rings. The molecule has 0 saturated heterocycles. The second kappa shape index (κ2) is 6.16. The van der Waals surface area contributed by atoms with Crippen molar-refractivity contribution in [3.05, 3.63) is 40.7 Å². The number of nitrogens with two attached hydrogens (primary N) is 1. The second-order valence-corrected chi connectivity index (χ2v) is 3.90. The molecule has 0 unspecified atom stereocenters. The van der Waals surface area contributed by atoms with Gasteiger partial charge in [-0.25, -0.2) is 9.18 Å². The Morgan fingerprint density at radius 1 is 1.50 bits per heavy atom. The van der Waals surface area contributed by atoms with Gasteiger partial charge in [0.25, 0.3) is 5.91 Å². The van der Waals surface area contributed by atoms with Crippen molar-refractivity contribution >= 4 is 29.6 Å². The molecule has 0 heterocycles. The van der Waals surface area contributed by atoms with Crippen LogP contribution in [-0.4, -0.2) is 18.0 Å². The molecule has 0 aliphatic heterocycles. The van der Waals surface area contributed by atoms with Crippen LogP contribution in [-0.2, 0) is 14.3 Å². The highest BCUT2D eigenvalue weighted by Gasteiger charge is 2.12. The number of amides is 1. The zero-order valence-electron chi connectivity index (χ0n) is 9.52. The normalized spacial score (nSPS) is 12.4. The molecule has 0 aliphatic carbocycles. The summed E-state index contributed by atoms with van der Waals surface area (Å²) in [5.41, 5.74) is 5.46. The summed E-state index contributed by atoms with van der Waals surface area (Å²) >= 11 is 5.57. The van der Waals surface area contributed by atoms with E-state index >= 15 is 0 Å². The van der Waals surface area contributed by atoms with Gasteiger partial charge < -0.3 is 10.5 Å². The lowest BCUT2D eigenvalue weighted by atomic mass is 10.2. The van der Waals surface area contributed by atoms with Crippen molar-refractivity contribution in [3.8, 4) is 0 Å². The summed E-state index contributed by atoms with van der Waals surface area (Å²) in [6, 6.07) is 3.99. The van der Waals surface area contributed by atoms with E-state index in [4.69, 9.17) is 17.3 Å². The van der Waals surface area contributed by atoms with Gasteiger partial charge in [0, 0.05) is 6.08 Å². The maximum Gasteiger partial charge on any atom is 0.331 e. The largest absolute Gasteiger partial charge is 0.449 e. The first kappa shape index (κ1) is 14.2. The fourth-order valence-corrected chi connectivity index (χ4v) is 1.24. The molecule has 1 rings (SSSR count). The third-order valence-corrected chi connectivity index (χ3v) is 2.34. The number of primary amides is 1. The molecule has 0 aliphatic rings. The third-order valence-electron chi connectivity index (χ3n) is 2.05. The van der Waals surface area contributed by atoms with Crippen LogP contribution in [0.1, 0.15) is 12.5 Å². The van der Waals surface area contributed by atoms with Gasteiger partial charge in [-0.1, -0.05) is 17.7 Å². The van der Waals surface area contributed by atoms with Crippen molar-refractivity contribution < 1.29 is 18.7 Å². The summed E-state index contributed by atoms with van der Waals surface area (Å²) in [5, 5.41) is -0.0454. The van der Waals surface area contributed by atoms with Crippen LogP contribution < -0.4 is 5.73 Å². The van der Waals surface area contributed by atoms with Crippen LogP contribution in [0.2, 0.25) is 5.02 Å². The minimum absolute atomic E-state index is 0.0454. The number of benzene rings is 1. The van der Waals surface area contributed by atoms with E-state index in [0.717, 1.165) is 6.08 Å². The predicted molar refractivity (Wildman–Crippen MR) is 65.2 cm³/mol. The van der Waals surface area contributed by atoms with Crippen LogP contribution >= 0.6 is 11.6 Å². The lowest BCUT2D eigenvalue weighted by molar-refractivity contribution is -0.148. The Morgan fingerprint density at radius 3 is 2.72 bits per heavy atom. The van der Waals surface area contributed by atoms with Crippen molar-refractivity contribution in [2.24, 2.45) is 5.73 Å². The average Bonchev–Trinajstić information content (AvgIpc) is 2.30. The molecule has 96 valence electrons. The van der Waals surface area contributed by atoms with Crippen LogP contribution in [0.15, 0.2) is 24.3 Å². The number of hydrogen-bond acceptors (Lipinski definition) is 3. The highest BCUT2D eigenvalue weighted by atomic mass is 35.5. The van der Waals surface area contributed by atoms with Gasteiger partial charge in [0.2, 0.25) is 0 Å². The van der Waals surface area contributed by atoms with Crippen molar-refractivity contribution in [1.82, 2.24) is 0 Å². The Balaban J connectivity index is 2.66. The first-order chi connectivity index (χ1) is 8.40. The number of hydrogen-bond donors (Lipinski definition) is 1. The Hall–Kier alpha value is -1.88. The lowest BCUT2D eigenvalue weighted by Gasteiger charge is -2.06. The molecule has 1 aromatic carbocycles. The summed E-state index contributed by atoms with van der Waals surface area (Å²) < 4.78 is 17.5. The van der Waals surface area contributed by atoms with Gasteiger partial charge in [-0.2, -0.15) is 0 Å². The van der Waals surface area contributed by atoms with Crippen LogP contribution in [0.4, 0.5) is 4.39 Å². The van der Waals surface area contributed by atoms with Gasteiger partial charge in [0.1, 0.15) is 5.82 Å². The van der Waals surface area contributed by atoms with Crippen LogP contribution in [0.3, 0.4) is 0 Å². The van der Waals surface area contributed by atoms with Crippen LogP contribution in [0.5, 0.6) is 0 Å². The standard InChI is InChI=1S/C12H11ClFNO3/c1-7(12(15)17)18-11(16)5-3-8-2-4-10(14)9(13)6-8/h2-7H,1H3,(H2,15,17)/b5-3+/t7-/m0/s1. The van der Waals surface area contributed by atoms with E-state index in [2.05, 4.69) is 4.74 Å². The van der Waals surface area contributed by atoms with Gasteiger partial charge >= 0.3 is 5.97 Å². The second-order valence-electron chi connectivity index (χ2n) is 3.49. The molecule has 1 atom stereocenters. The number of ether oxygens (including phenoxy) is 1. The Labute approximate surface area is 108 Å². The SMILES string of the molecule is C[C@H](OC(=O)/C=C/c1ccc(F)c(Cl)c1)C(N)=O. The maximum atomic E-state index is 12.9. The molecule has 0 fully saturated rings. The van der Waals surface area contributed by atoms with Crippen molar-refractivity contribution in [2.75, 3.05) is 0 Å². The van der Waals surface area contributed by atoms with Crippen molar-refractivity contribution in [1.29, 1.82) is 0 Å². The highest BCUT2D eigenvalue weighted by molar-refractivity contribution is 6.30. The zero-order chi connectivity index (χ0) is 13.7. The molecule has 0 saturated carbocycles. The summed E-state index contributed by atoms with van der Waals surface area (Å²) in [5.74, 6) is -2.00. The Kier molecular flexibility index (Phi) is 4.85. The van der Waals surface area contributed by atoms with E-state index in [1.807, 2.05) is 0 Å². The summed E-state index contributed by atoms with van der Waals surface area (Å²) in [6.07, 6.45) is 1.49. The number of carbonyl (C=O) groups is 2. The predicted octanol–water partition coefficient (Wildman–Crippen LogP) is 1.91. The fraction of sp³-hybridized carbons (Fsp3) is 0.167. The molecule has 1 amide bonds. The Morgan fingerprint density at radius 2 is 2.17 bits per heavy atom. The topological polar surface area (TPSA) is 69.4 Å². The number of halogens is 2. The molecule has 18 heavy (non-hydrogen) atoms. The van der Waals surface area contributed by atoms with Gasteiger partial charge in [-0.3, -0.25) is 4.79 Å². The smallest absolute Gasteiger partial charge is 0.331 e. The molecule has 6 heteroatoms. The third kappa shape index (κ3) is 4.18. The molecule has 0 aromatic heterocycles. The molecule has 0 radical (unpaired) electrons. The summed E-state index contributed by atoms with van der Waals surface area (Å²) in [4.78, 5) is 21.9. The fourth-order valence-electron chi connectivity index (χ4n) is 1.05. The monoisotopic (exact) mass is 271 g/mol. The summed E-state index contributed by atoms with van der Waals surface area (Å²) in [6.45, 7) is 1.36. The first-order valence-corrected chi connectivity index (χ1v) is 5.41. The number of esters is 1. The number of carbonyl (C=O) groups excluding carboxylic acids is 2. The summed E-state index contributed by atoms with van der Waals surface area (Å²) in [7, 11) is 0. The van der Waals surface area contributed by atoms with E-state index in [9.17, 15) is 14.0 Å². The first-order valence-electron chi connectivity index (χ1n) is 5.03. The van der Waals surface area contributed by atoms with Crippen molar-refractivity contribution in [2.45, 2.75) is 13.0 Å². The lowest BCUT2D eigenvalue weighted by Crippen LogP contribution is -2.29. The minimum atomic E-state index is -1.00. The quantitative estimate of drug-likeness (QED) is 0.672. The zero-order valence-corrected chi connectivity index (χ0v) is 10.3.